The molecule has 0 aliphatic heterocycles. The summed E-state index contributed by atoms with van der Waals surface area (Å²) in [6, 6.07) is 18.2. The van der Waals surface area contributed by atoms with Gasteiger partial charge in [-0.1, -0.05) is 60.7 Å². The first-order chi connectivity index (χ1) is 57.5. The van der Waals surface area contributed by atoms with Crippen molar-refractivity contribution in [3.8, 4) is 0 Å². The standard InChI is InChI=1S/C25H41N3O8.C21H39N3O9.C18H36N2O6.C18H30N2O5/c1-25(2,3)36-22(29)19-28-23(30)26-11-7-13-32-15-17-34-18-16-33-14-8-12-27-24(31)35-20-21-9-5-4-6-10-21;1-21(2,3)33-19(28)16-24-20(29)23-9-5-11-31-13-15-32-14-12-30-10-4-8-22-17(25)6-7-18(26)27;1-18(2,3)26-17(22)20-15-16(21)7-4-5-9-23-11-13-25-14-12-24-10-6-8-19;19-8-4-10-22-12-14-24-15-13-23-11-5-9-20-18(21)25-16-17-6-2-1-3-7-17/h4-6,9-10H,7-8,11-20H2,1-3H3,(H,27,31)(H2,26,28,30);4-16H2,1-3H3,(H,22,25)(H,26,27)(H2,23,24,29);4-15,19H2,1-3H3,(H,20,22);1-3,6-7H,4-5,8-16,19H2,(H,20,21). The molecule has 0 unspecified atom stereocenters. The number of ketones is 1. The van der Waals surface area contributed by atoms with Gasteiger partial charge in [-0.05, 0) is 144 Å². The lowest BCUT2D eigenvalue weighted by Gasteiger charge is -2.19. The third-order valence-electron chi connectivity index (χ3n) is 14.2. The lowest BCUT2D eigenvalue weighted by molar-refractivity contribution is -0.154. The number of hydrogen-bond acceptors (Lipinski definition) is 29. The largest absolute Gasteiger partial charge is 0.481 e. The zero-order valence-corrected chi connectivity index (χ0v) is 72.8. The van der Waals surface area contributed by atoms with Crippen molar-refractivity contribution in [3.63, 3.8) is 0 Å². The van der Waals surface area contributed by atoms with Crippen molar-refractivity contribution in [2.75, 3.05) is 224 Å². The Morgan fingerprint density at radius 2 is 0.592 bits per heavy atom. The fourth-order valence-corrected chi connectivity index (χ4v) is 8.56. The van der Waals surface area contributed by atoms with Crippen LogP contribution in [-0.2, 0) is 118 Å². The molecule has 692 valence electrons. The Morgan fingerprint density at radius 1 is 0.300 bits per heavy atom. The van der Waals surface area contributed by atoms with Gasteiger partial charge in [-0.3, -0.25) is 24.0 Å². The smallest absolute Gasteiger partial charge is 0.408 e. The van der Waals surface area contributed by atoms with Crippen LogP contribution < -0.4 is 54.0 Å². The van der Waals surface area contributed by atoms with Gasteiger partial charge in [0.25, 0.3) is 0 Å². The zero-order valence-electron chi connectivity index (χ0n) is 72.8. The molecule has 0 aliphatic rings. The summed E-state index contributed by atoms with van der Waals surface area (Å²) in [5.74, 6) is -2.27. The zero-order chi connectivity index (χ0) is 89.1. The van der Waals surface area contributed by atoms with Crippen LogP contribution in [0.15, 0.2) is 60.7 Å². The number of amides is 8. The van der Waals surface area contributed by atoms with Crippen LogP contribution in [0.4, 0.5) is 24.0 Å². The number of ether oxygens (including phenoxy) is 17. The Labute approximate surface area is 709 Å². The average Bonchev–Trinajstić information content (AvgIpc) is 0.943. The van der Waals surface area contributed by atoms with Crippen LogP contribution in [0.25, 0.3) is 0 Å². The fourth-order valence-electron chi connectivity index (χ4n) is 8.56. The minimum atomic E-state index is -0.992. The Kier molecular flexibility index (Phi) is 76.4. The van der Waals surface area contributed by atoms with Gasteiger partial charge in [0, 0.05) is 98.4 Å². The molecule has 0 heterocycles. The molecule has 0 aromatic heterocycles. The molecule has 0 radical (unpaired) electrons. The number of nitrogens with two attached hydrogens (primary N) is 2. The van der Waals surface area contributed by atoms with Crippen LogP contribution in [0, 0.1) is 0 Å². The Hall–Kier alpha value is -8.22. The summed E-state index contributed by atoms with van der Waals surface area (Å²) in [6.07, 6.45) is 5.34. The van der Waals surface area contributed by atoms with E-state index in [0.717, 1.165) is 43.2 Å². The second-order valence-electron chi connectivity index (χ2n) is 28.9. The van der Waals surface area contributed by atoms with Crippen molar-refractivity contribution < 1.29 is 134 Å². The molecule has 120 heavy (non-hydrogen) atoms. The molecule has 38 heteroatoms. The number of hydrogen-bond donors (Lipinski definition) is 11. The molecule has 2 rings (SSSR count). The first-order valence-corrected chi connectivity index (χ1v) is 41.2. The van der Waals surface area contributed by atoms with Crippen LogP contribution in [-0.4, -0.2) is 306 Å². The summed E-state index contributed by atoms with van der Waals surface area (Å²) in [4.78, 5) is 114. The first-order valence-electron chi connectivity index (χ1n) is 41.2. The number of esters is 2. The van der Waals surface area contributed by atoms with E-state index in [0.29, 0.717) is 236 Å². The van der Waals surface area contributed by atoms with Gasteiger partial charge in [-0.2, -0.15) is 0 Å². The van der Waals surface area contributed by atoms with Gasteiger partial charge < -0.3 is 140 Å². The van der Waals surface area contributed by atoms with E-state index in [2.05, 4.69) is 42.5 Å². The van der Waals surface area contributed by atoms with E-state index in [1.165, 1.54) is 0 Å². The molecule has 2 aromatic rings. The van der Waals surface area contributed by atoms with Crippen LogP contribution in [0.5, 0.6) is 0 Å². The number of nitrogens with one attached hydrogen (secondary N) is 8. The summed E-state index contributed by atoms with van der Waals surface area (Å²) < 4.78 is 90.1. The highest BCUT2D eigenvalue weighted by Crippen LogP contribution is 2.09. The van der Waals surface area contributed by atoms with Crippen molar-refractivity contribution in [3.05, 3.63) is 71.8 Å². The number of Topliss-reactive ketones (excluding diaryl/α,β-unsaturated/α-hetero) is 1. The van der Waals surface area contributed by atoms with Crippen molar-refractivity contribution in [2.24, 2.45) is 11.5 Å². The summed E-state index contributed by atoms with van der Waals surface area (Å²) in [5.41, 5.74) is 10.9. The molecule has 0 saturated carbocycles. The summed E-state index contributed by atoms with van der Waals surface area (Å²) in [6.45, 7) is 31.9. The van der Waals surface area contributed by atoms with Gasteiger partial charge in [0.05, 0.1) is 119 Å². The van der Waals surface area contributed by atoms with Crippen LogP contribution in [0.1, 0.15) is 150 Å². The van der Waals surface area contributed by atoms with Gasteiger partial charge in [0.1, 0.15) is 43.1 Å². The molecule has 38 nitrogen and oxygen atoms in total. The molecule has 2 aromatic carbocycles. The monoisotopic (exact) mass is 1720 g/mol. The van der Waals surface area contributed by atoms with Crippen molar-refractivity contribution in [1.29, 1.82) is 0 Å². The third kappa shape index (κ3) is 92.1. The van der Waals surface area contributed by atoms with Gasteiger partial charge in [0.2, 0.25) is 5.91 Å². The number of rotatable bonds is 68. The second-order valence-corrected chi connectivity index (χ2v) is 28.9. The summed E-state index contributed by atoms with van der Waals surface area (Å²) in [7, 11) is 0. The molecular weight excluding hydrogens is 1570 g/mol. The van der Waals surface area contributed by atoms with Crippen molar-refractivity contribution >= 4 is 59.9 Å². The SMILES string of the molecule is CC(C)(C)OC(=O)CNC(=O)NCCCOCCOCCOCCCNC(=O)CCC(=O)O.CC(C)(C)OC(=O)CNC(=O)NCCCOCCOCCOCCCNC(=O)OCc1ccccc1.CC(C)(C)OC(=O)NCC(=O)CCCCOCCOCCOCCCN.NCCCOCCOCCOCCCNC(=O)OCc1ccccc1. The predicted octanol–water partition coefficient (Wildman–Crippen LogP) is 6.17. The van der Waals surface area contributed by atoms with Crippen molar-refractivity contribution in [1.82, 2.24) is 42.5 Å². The van der Waals surface area contributed by atoms with E-state index >= 15 is 0 Å². The van der Waals surface area contributed by atoms with Crippen molar-refractivity contribution in [2.45, 2.75) is 169 Å². The number of aliphatic carboxylic acids is 1. The third-order valence-corrected chi connectivity index (χ3v) is 14.2. The highest BCUT2D eigenvalue weighted by Gasteiger charge is 2.20. The Bertz CT molecular complexity index is 2860. The highest BCUT2D eigenvalue weighted by atomic mass is 16.6. The molecule has 0 atom stereocenters. The van der Waals surface area contributed by atoms with Gasteiger partial charge in [-0.25, -0.2) is 24.0 Å². The number of carbonyl (C=O) groups is 10. The van der Waals surface area contributed by atoms with Crippen LogP contribution in [0.2, 0.25) is 0 Å². The van der Waals surface area contributed by atoms with E-state index in [1.807, 2.05) is 60.7 Å². The fraction of sp³-hybridized carbons (Fsp3) is 0.732. The lowest BCUT2D eigenvalue weighted by atomic mass is 10.2. The number of benzene rings is 2. The topological polar surface area (TPSA) is 496 Å². The summed E-state index contributed by atoms with van der Waals surface area (Å²) in [5, 5.41) is 29.1. The highest BCUT2D eigenvalue weighted by molar-refractivity contribution is 5.84. The van der Waals surface area contributed by atoms with Crippen LogP contribution >= 0.6 is 0 Å². The minimum absolute atomic E-state index is 0.00301. The average molecular weight is 1720 g/mol. The molecule has 0 fully saturated rings. The molecular formula is C82H146N10O28. The maximum absolute atomic E-state index is 11.7. The first kappa shape index (κ1) is 114. The number of urea groups is 2. The predicted molar refractivity (Wildman–Crippen MR) is 447 cm³/mol. The maximum Gasteiger partial charge on any atom is 0.408 e. The van der Waals surface area contributed by atoms with E-state index in [9.17, 15) is 47.9 Å². The molecule has 8 amide bonds. The molecule has 13 N–H and O–H groups in total. The lowest BCUT2D eigenvalue weighted by Crippen LogP contribution is -2.40. The van der Waals surface area contributed by atoms with E-state index in [1.54, 1.807) is 62.3 Å². The minimum Gasteiger partial charge on any atom is -0.481 e. The number of carboxylic acids is 1. The quantitative estimate of drug-likeness (QED) is 0.0200. The van der Waals surface area contributed by atoms with E-state index < -0.39 is 65.1 Å². The molecule has 0 aliphatic carbocycles. The Morgan fingerprint density at radius 3 is 0.900 bits per heavy atom. The Balaban J connectivity index is 0. The number of unbranched alkanes of at least 4 members (excludes halogenated alkanes) is 1. The normalized spacial score (nSPS) is 11.0. The number of carboxylic acid groups (broad SMARTS) is 1. The second kappa shape index (κ2) is 80.5. The van der Waals surface area contributed by atoms with E-state index in [-0.39, 0.29) is 57.4 Å². The summed E-state index contributed by atoms with van der Waals surface area (Å²) >= 11 is 0. The molecule has 0 saturated heterocycles. The van der Waals surface area contributed by atoms with Crippen LogP contribution in [0.3, 0.4) is 0 Å². The number of alkyl carbamates (subject to hydrolysis) is 3. The van der Waals surface area contributed by atoms with Gasteiger partial charge >= 0.3 is 48.2 Å². The molecule has 0 spiro atoms. The van der Waals surface area contributed by atoms with E-state index in [4.69, 9.17) is 97.1 Å². The van der Waals surface area contributed by atoms with Gasteiger partial charge in [0.15, 0.2) is 5.78 Å². The maximum atomic E-state index is 11.7. The number of carbonyl (C=O) groups excluding carboxylic acids is 9. The molecule has 0 bridgehead atoms. The van der Waals surface area contributed by atoms with Gasteiger partial charge in [-0.15, -0.1) is 0 Å².